The number of hydrogen-bond acceptors (Lipinski definition) is 5. The van der Waals surface area contributed by atoms with E-state index in [1.165, 1.54) is 12.0 Å². The highest BCUT2D eigenvalue weighted by Crippen LogP contribution is 2.32. The first-order valence-corrected chi connectivity index (χ1v) is 8.51. The number of pyridine rings is 1. The molecule has 1 aromatic heterocycles. The lowest BCUT2D eigenvalue weighted by Gasteiger charge is -2.23. The minimum atomic E-state index is -1.06. The fourth-order valence-corrected chi connectivity index (χ4v) is 3.39. The van der Waals surface area contributed by atoms with E-state index in [9.17, 15) is 14.7 Å². The highest BCUT2D eigenvalue weighted by Gasteiger charge is 2.46. The highest BCUT2D eigenvalue weighted by atomic mass is 35.5. The first kappa shape index (κ1) is 18.4. The summed E-state index contributed by atoms with van der Waals surface area (Å²) in [5.74, 6) is -0.773. The van der Waals surface area contributed by atoms with Gasteiger partial charge in [0.2, 0.25) is 0 Å². The van der Waals surface area contributed by atoms with Crippen LogP contribution in [-0.4, -0.2) is 60.3 Å². The van der Waals surface area contributed by atoms with Gasteiger partial charge in [-0.25, -0.2) is 0 Å². The summed E-state index contributed by atoms with van der Waals surface area (Å²) < 4.78 is 10.7. The molecule has 1 fully saturated rings. The van der Waals surface area contributed by atoms with Crippen LogP contribution in [0, 0.1) is 5.41 Å². The molecular weight excluding hydrogens is 360 g/mol. The summed E-state index contributed by atoms with van der Waals surface area (Å²) in [6, 6.07) is 6.96. The van der Waals surface area contributed by atoms with Crippen molar-refractivity contribution in [2.45, 2.75) is 6.42 Å². The predicted molar refractivity (Wildman–Crippen MR) is 95.4 cm³/mol. The molecule has 1 amide bonds. The number of ether oxygens (including phenoxy) is 2. The first-order valence-electron chi connectivity index (χ1n) is 8.13. The number of hydrogen-bond donors (Lipinski definition) is 1. The molecule has 0 bridgehead atoms. The minimum absolute atomic E-state index is 0.0682. The van der Waals surface area contributed by atoms with E-state index in [0.29, 0.717) is 29.3 Å². The van der Waals surface area contributed by atoms with E-state index in [2.05, 4.69) is 4.98 Å². The molecule has 7 nitrogen and oxygen atoms in total. The molecule has 1 aliphatic rings. The van der Waals surface area contributed by atoms with Gasteiger partial charge in [-0.2, -0.15) is 0 Å². The molecule has 8 heteroatoms. The second kappa shape index (κ2) is 7.47. The van der Waals surface area contributed by atoms with E-state index >= 15 is 0 Å². The SMILES string of the molecule is COCC1(C(=O)O)CCN(C(=O)COc2ccc(Cl)c3cccnc23)C1. The van der Waals surface area contributed by atoms with Gasteiger partial charge in [-0.3, -0.25) is 14.6 Å². The fourth-order valence-electron chi connectivity index (χ4n) is 3.17. The molecule has 0 spiro atoms. The Morgan fingerprint density at radius 3 is 2.92 bits per heavy atom. The van der Waals surface area contributed by atoms with Crippen molar-refractivity contribution in [2.75, 3.05) is 33.4 Å². The first-order chi connectivity index (χ1) is 12.5. The summed E-state index contributed by atoms with van der Waals surface area (Å²) in [6.07, 6.45) is 1.98. The Hall–Kier alpha value is -2.38. The maximum Gasteiger partial charge on any atom is 0.313 e. The quantitative estimate of drug-likeness (QED) is 0.829. The molecule has 0 radical (unpaired) electrons. The normalized spacial score (nSPS) is 19.7. The Bertz CT molecular complexity index is 843. The molecule has 1 saturated heterocycles. The summed E-state index contributed by atoms with van der Waals surface area (Å²) in [5.41, 5.74) is -0.479. The Morgan fingerprint density at radius 2 is 2.19 bits per heavy atom. The topological polar surface area (TPSA) is 89.0 Å². The summed E-state index contributed by atoms with van der Waals surface area (Å²) >= 11 is 6.15. The van der Waals surface area contributed by atoms with Crippen molar-refractivity contribution in [3.05, 3.63) is 35.5 Å². The number of aromatic nitrogens is 1. The number of carbonyl (C=O) groups is 2. The maximum absolute atomic E-state index is 12.5. The molecule has 3 rings (SSSR count). The maximum atomic E-state index is 12.5. The number of halogens is 1. The summed E-state index contributed by atoms with van der Waals surface area (Å²) in [5, 5.41) is 10.8. The number of amides is 1. The van der Waals surface area contributed by atoms with Crippen LogP contribution in [0.5, 0.6) is 5.75 Å². The largest absolute Gasteiger partial charge is 0.481 e. The van der Waals surface area contributed by atoms with E-state index in [-0.39, 0.29) is 25.7 Å². The molecule has 2 aromatic rings. The van der Waals surface area contributed by atoms with Crippen LogP contribution < -0.4 is 4.74 Å². The number of nitrogens with zero attached hydrogens (tertiary/aromatic N) is 2. The van der Waals surface area contributed by atoms with Gasteiger partial charge < -0.3 is 19.5 Å². The van der Waals surface area contributed by atoms with E-state index < -0.39 is 11.4 Å². The zero-order chi connectivity index (χ0) is 18.7. The molecule has 0 aliphatic carbocycles. The molecule has 1 aromatic carbocycles. The van der Waals surface area contributed by atoms with Crippen LogP contribution in [0.1, 0.15) is 6.42 Å². The second-order valence-corrected chi connectivity index (χ2v) is 6.72. The Labute approximate surface area is 155 Å². The fraction of sp³-hybridized carbons (Fsp3) is 0.389. The third-order valence-electron chi connectivity index (χ3n) is 4.61. The summed E-state index contributed by atoms with van der Waals surface area (Å²) in [7, 11) is 1.46. The van der Waals surface area contributed by atoms with Crippen LogP contribution in [-0.2, 0) is 14.3 Å². The number of methoxy groups -OCH3 is 1. The molecule has 2 heterocycles. The third-order valence-corrected chi connectivity index (χ3v) is 4.94. The van der Waals surface area contributed by atoms with E-state index in [1.54, 1.807) is 24.4 Å². The van der Waals surface area contributed by atoms with Crippen LogP contribution in [0.3, 0.4) is 0 Å². The summed E-state index contributed by atoms with van der Waals surface area (Å²) in [4.78, 5) is 29.8. The lowest BCUT2D eigenvalue weighted by atomic mass is 9.88. The second-order valence-electron chi connectivity index (χ2n) is 6.32. The van der Waals surface area contributed by atoms with E-state index in [0.717, 1.165) is 5.39 Å². The zero-order valence-corrected chi connectivity index (χ0v) is 15.0. The summed E-state index contributed by atoms with van der Waals surface area (Å²) in [6.45, 7) is 0.337. The van der Waals surface area contributed by atoms with Gasteiger partial charge in [-0.15, -0.1) is 0 Å². The molecule has 26 heavy (non-hydrogen) atoms. The lowest BCUT2D eigenvalue weighted by Crippen LogP contribution is -2.41. The number of likely N-dealkylation sites (tertiary alicyclic amines) is 1. The van der Waals surface area contributed by atoms with Crippen LogP contribution in [0.15, 0.2) is 30.5 Å². The van der Waals surface area contributed by atoms with Crippen molar-refractivity contribution in [3.63, 3.8) is 0 Å². The number of rotatable bonds is 6. The van der Waals surface area contributed by atoms with Gasteiger partial charge in [0.05, 0.1) is 11.6 Å². The third kappa shape index (κ3) is 3.45. The van der Waals surface area contributed by atoms with Crippen molar-refractivity contribution in [1.82, 2.24) is 9.88 Å². The van der Waals surface area contributed by atoms with E-state index in [4.69, 9.17) is 21.1 Å². The molecule has 1 N–H and O–H groups in total. The Morgan fingerprint density at radius 1 is 1.38 bits per heavy atom. The predicted octanol–water partition coefficient (Wildman–Crippen LogP) is 2.22. The average molecular weight is 379 g/mol. The van der Waals surface area contributed by atoms with Crippen LogP contribution in [0.4, 0.5) is 0 Å². The van der Waals surface area contributed by atoms with Crippen molar-refractivity contribution in [3.8, 4) is 5.75 Å². The standard InChI is InChI=1S/C18H19ClN2O5/c1-25-11-18(17(23)24)6-8-21(10-18)15(22)9-26-14-5-4-13(19)12-3-2-7-20-16(12)14/h2-5,7H,6,8-11H2,1H3,(H,23,24). The van der Waals surface area contributed by atoms with Gasteiger partial charge in [-0.1, -0.05) is 11.6 Å². The average Bonchev–Trinajstić information content (AvgIpc) is 3.07. The molecule has 138 valence electrons. The molecule has 1 aliphatic heterocycles. The van der Waals surface area contributed by atoms with Gasteiger partial charge in [0.25, 0.3) is 5.91 Å². The molecule has 1 atom stereocenters. The van der Waals surface area contributed by atoms with Gasteiger partial charge in [0.15, 0.2) is 6.61 Å². The van der Waals surface area contributed by atoms with Crippen LogP contribution in [0.2, 0.25) is 5.02 Å². The smallest absolute Gasteiger partial charge is 0.313 e. The van der Waals surface area contributed by atoms with Gasteiger partial charge in [0.1, 0.15) is 16.7 Å². The van der Waals surface area contributed by atoms with Crippen molar-refractivity contribution in [1.29, 1.82) is 0 Å². The molecule has 1 unspecified atom stereocenters. The Kier molecular flexibility index (Phi) is 5.29. The van der Waals surface area contributed by atoms with Crippen LogP contribution in [0.25, 0.3) is 10.9 Å². The van der Waals surface area contributed by atoms with Crippen LogP contribution >= 0.6 is 11.6 Å². The van der Waals surface area contributed by atoms with Gasteiger partial charge in [0, 0.05) is 31.8 Å². The lowest BCUT2D eigenvalue weighted by molar-refractivity contribution is -0.151. The minimum Gasteiger partial charge on any atom is -0.481 e. The van der Waals surface area contributed by atoms with Gasteiger partial charge >= 0.3 is 5.97 Å². The monoisotopic (exact) mass is 378 g/mol. The van der Waals surface area contributed by atoms with E-state index in [1.807, 2.05) is 6.07 Å². The number of carboxylic acid groups (broad SMARTS) is 1. The van der Waals surface area contributed by atoms with Crippen molar-refractivity contribution in [2.24, 2.45) is 5.41 Å². The number of benzene rings is 1. The molecule has 0 saturated carbocycles. The molecular formula is C18H19ClN2O5. The number of carbonyl (C=O) groups excluding carboxylic acids is 1. The number of aliphatic carboxylic acids is 1. The Balaban J connectivity index is 1.69. The number of fused-ring (bicyclic) bond motifs is 1. The highest BCUT2D eigenvalue weighted by molar-refractivity contribution is 6.35. The van der Waals surface area contributed by atoms with Gasteiger partial charge in [-0.05, 0) is 30.7 Å². The van der Waals surface area contributed by atoms with Crippen molar-refractivity contribution >= 4 is 34.4 Å². The van der Waals surface area contributed by atoms with Crippen molar-refractivity contribution < 1.29 is 24.2 Å². The zero-order valence-electron chi connectivity index (χ0n) is 14.3. The number of carboxylic acids is 1.